The Hall–Kier alpha value is -1.76. The maximum Gasteiger partial charge on any atom is 0.340 e. The van der Waals surface area contributed by atoms with E-state index in [1.54, 1.807) is 19.1 Å². The van der Waals surface area contributed by atoms with Crippen molar-refractivity contribution in [3.05, 3.63) is 58.1 Å². The summed E-state index contributed by atoms with van der Waals surface area (Å²) in [5, 5.41) is 0.295. The highest BCUT2D eigenvalue weighted by Crippen LogP contribution is 2.32. The zero-order valence-electron chi connectivity index (χ0n) is 13.0. The molecule has 5 nitrogen and oxygen atoms in total. The molecule has 0 saturated heterocycles. The van der Waals surface area contributed by atoms with Gasteiger partial charge in [0.1, 0.15) is 4.90 Å². The number of sulfonamides is 1. The van der Waals surface area contributed by atoms with Crippen LogP contribution in [0, 0.1) is 0 Å². The lowest BCUT2D eigenvalue weighted by Crippen LogP contribution is -2.32. The molecule has 0 fully saturated rings. The van der Waals surface area contributed by atoms with Crippen LogP contribution in [0.1, 0.15) is 17.3 Å². The minimum Gasteiger partial charge on any atom is -0.465 e. The van der Waals surface area contributed by atoms with E-state index in [1.807, 2.05) is 0 Å². The molecule has 0 aliphatic carbocycles. The van der Waals surface area contributed by atoms with E-state index in [0.717, 1.165) is 4.31 Å². The summed E-state index contributed by atoms with van der Waals surface area (Å²) in [4.78, 5) is 11.8. The third-order valence-electron chi connectivity index (χ3n) is 3.33. The van der Waals surface area contributed by atoms with Crippen molar-refractivity contribution in [1.82, 2.24) is 0 Å². The Morgan fingerprint density at radius 3 is 2.46 bits per heavy atom. The first kappa shape index (κ1) is 18.6. The van der Waals surface area contributed by atoms with Crippen molar-refractivity contribution in [3.8, 4) is 0 Å². The molecule has 0 heterocycles. The highest BCUT2D eigenvalue weighted by Gasteiger charge is 2.29. The van der Waals surface area contributed by atoms with Gasteiger partial charge in [-0.3, -0.25) is 4.31 Å². The predicted molar refractivity (Wildman–Crippen MR) is 94.4 cm³/mol. The molecule has 128 valence electrons. The highest BCUT2D eigenvalue weighted by atomic mass is 35.5. The van der Waals surface area contributed by atoms with Crippen LogP contribution >= 0.6 is 23.2 Å². The summed E-state index contributed by atoms with van der Waals surface area (Å²) in [5.41, 5.74) is 0.353. The molecule has 0 saturated carbocycles. The number of carbonyl (C=O) groups is 1. The van der Waals surface area contributed by atoms with E-state index in [4.69, 9.17) is 27.9 Å². The lowest BCUT2D eigenvalue weighted by atomic mass is 10.2. The predicted octanol–water partition coefficient (Wildman–Crippen LogP) is 4.00. The number of anilines is 1. The van der Waals surface area contributed by atoms with Crippen LogP contribution in [0.5, 0.6) is 0 Å². The number of hydrogen-bond acceptors (Lipinski definition) is 4. The van der Waals surface area contributed by atoms with Crippen LogP contribution in [0.25, 0.3) is 0 Å². The number of para-hydroxylation sites is 1. The number of methoxy groups -OCH3 is 1. The van der Waals surface area contributed by atoms with E-state index >= 15 is 0 Å². The summed E-state index contributed by atoms with van der Waals surface area (Å²) in [6.45, 7) is 1.75. The van der Waals surface area contributed by atoms with E-state index < -0.39 is 16.0 Å². The Morgan fingerprint density at radius 1 is 1.17 bits per heavy atom. The van der Waals surface area contributed by atoms with Gasteiger partial charge in [-0.1, -0.05) is 35.3 Å². The third kappa shape index (κ3) is 3.50. The maximum absolute atomic E-state index is 13.0. The van der Waals surface area contributed by atoms with Crippen molar-refractivity contribution in [1.29, 1.82) is 0 Å². The average molecular weight is 388 g/mol. The van der Waals surface area contributed by atoms with Crippen LogP contribution < -0.4 is 4.31 Å². The number of esters is 1. The smallest absolute Gasteiger partial charge is 0.340 e. The summed E-state index contributed by atoms with van der Waals surface area (Å²) in [6.07, 6.45) is 0. The molecule has 0 aromatic heterocycles. The van der Waals surface area contributed by atoms with Crippen molar-refractivity contribution in [2.45, 2.75) is 11.8 Å². The van der Waals surface area contributed by atoms with Gasteiger partial charge in [-0.25, -0.2) is 13.2 Å². The monoisotopic (exact) mass is 387 g/mol. The van der Waals surface area contributed by atoms with Crippen LogP contribution in [0.4, 0.5) is 5.69 Å². The fourth-order valence-electron chi connectivity index (χ4n) is 2.24. The first-order valence-electron chi connectivity index (χ1n) is 6.98. The van der Waals surface area contributed by atoms with Crippen LogP contribution in [0.3, 0.4) is 0 Å². The number of carbonyl (C=O) groups excluding carboxylic acids is 1. The van der Waals surface area contributed by atoms with Crippen molar-refractivity contribution >= 4 is 44.9 Å². The molecule has 0 radical (unpaired) electrons. The molecule has 0 atom stereocenters. The van der Waals surface area contributed by atoms with Crippen molar-refractivity contribution in [2.24, 2.45) is 0 Å². The fourth-order valence-corrected chi connectivity index (χ4v) is 4.47. The molecular formula is C16H15Cl2NO4S. The van der Waals surface area contributed by atoms with Crippen LogP contribution in [-0.4, -0.2) is 28.0 Å². The zero-order chi connectivity index (χ0) is 17.9. The molecule has 0 bridgehead atoms. The molecule has 2 rings (SSSR count). The Morgan fingerprint density at radius 2 is 1.83 bits per heavy atom. The second-order valence-electron chi connectivity index (χ2n) is 4.75. The van der Waals surface area contributed by atoms with Gasteiger partial charge in [0.15, 0.2) is 0 Å². The Balaban J connectivity index is 2.64. The zero-order valence-corrected chi connectivity index (χ0v) is 15.3. The number of nitrogens with zero attached hydrogens (tertiary/aromatic N) is 1. The first-order chi connectivity index (χ1) is 11.3. The standard InChI is InChI=1S/C16H15Cl2NO4S/c1-3-19(14-7-5-4-6-12(14)16(20)23-2)24(21,22)15-10-11(17)8-9-13(15)18/h4-10H,3H2,1-2H3. The van der Waals surface area contributed by atoms with Gasteiger partial charge in [-0.2, -0.15) is 0 Å². The number of hydrogen-bond donors (Lipinski definition) is 0. The summed E-state index contributed by atoms with van der Waals surface area (Å²) in [5.74, 6) is -0.628. The van der Waals surface area contributed by atoms with Crippen molar-refractivity contribution in [3.63, 3.8) is 0 Å². The molecule has 0 aliphatic heterocycles. The Kier molecular flexibility index (Phi) is 5.74. The molecular weight excluding hydrogens is 373 g/mol. The van der Waals surface area contributed by atoms with E-state index in [2.05, 4.69) is 0 Å². The molecule has 0 unspecified atom stereocenters. The van der Waals surface area contributed by atoms with Gasteiger partial charge in [0.05, 0.1) is 23.4 Å². The topological polar surface area (TPSA) is 63.7 Å². The molecule has 0 aliphatic rings. The summed E-state index contributed by atoms with van der Waals surface area (Å²) >= 11 is 11.9. The highest BCUT2D eigenvalue weighted by molar-refractivity contribution is 7.93. The number of benzene rings is 2. The van der Waals surface area contributed by atoms with Gasteiger partial charge >= 0.3 is 5.97 Å². The lowest BCUT2D eigenvalue weighted by molar-refractivity contribution is 0.0601. The number of rotatable bonds is 5. The minimum atomic E-state index is -4.01. The van der Waals surface area contributed by atoms with Crippen LogP contribution in [0.2, 0.25) is 10.0 Å². The van der Waals surface area contributed by atoms with Crippen LogP contribution in [-0.2, 0) is 14.8 Å². The van der Waals surface area contributed by atoms with Gasteiger partial charge in [0.2, 0.25) is 0 Å². The third-order valence-corrected chi connectivity index (χ3v) is 5.93. The molecule has 0 N–H and O–H groups in total. The first-order valence-corrected chi connectivity index (χ1v) is 9.17. The molecule has 2 aromatic carbocycles. The van der Waals surface area contributed by atoms with Gasteiger partial charge in [-0.15, -0.1) is 0 Å². The maximum atomic E-state index is 13.0. The quantitative estimate of drug-likeness (QED) is 0.727. The molecule has 0 amide bonds. The van der Waals surface area contributed by atoms with E-state index in [9.17, 15) is 13.2 Å². The van der Waals surface area contributed by atoms with Gasteiger partial charge in [0, 0.05) is 11.6 Å². The molecule has 2 aromatic rings. The normalized spacial score (nSPS) is 11.2. The van der Waals surface area contributed by atoms with Crippen LogP contribution in [0.15, 0.2) is 47.4 Å². The van der Waals surface area contributed by atoms with E-state index in [0.29, 0.717) is 0 Å². The Bertz CT molecular complexity index is 868. The summed E-state index contributed by atoms with van der Waals surface area (Å²) in [7, 11) is -2.78. The lowest BCUT2D eigenvalue weighted by Gasteiger charge is -2.25. The van der Waals surface area contributed by atoms with Crippen molar-refractivity contribution in [2.75, 3.05) is 18.0 Å². The van der Waals surface area contributed by atoms with Crippen molar-refractivity contribution < 1.29 is 17.9 Å². The second kappa shape index (κ2) is 7.42. The van der Waals surface area contributed by atoms with E-state index in [1.165, 1.54) is 37.4 Å². The fraction of sp³-hybridized carbons (Fsp3) is 0.188. The SMILES string of the molecule is CCN(c1ccccc1C(=O)OC)S(=O)(=O)c1cc(Cl)ccc1Cl. The minimum absolute atomic E-state index is 0.0494. The molecule has 24 heavy (non-hydrogen) atoms. The van der Waals surface area contributed by atoms with Gasteiger partial charge in [0.25, 0.3) is 10.0 Å². The second-order valence-corrected chi connectivity index (χ2v) is 7.43. The Labute approximate surface area is 150 Å². The molecule has 8 heteroatoms. The largest absolute Gasteiger partial charge is 0.465 e. The summed E-state index contributed by atoms with van der Waals surface area (Å²) in [6, 6.07) is 10.5. The van der Waals surface area contributed by atoms with Gasteiger partial charge in [-0.05, 0) is 37.3 Å². The summed E-state index contributed by atoms with van der Waals surface area (Å²) < 4.78 is 31.9. The molecule has 0 spiro atoms. The number of ether oxygens (including phenoxy) is 1. The van der Waals surface area contributed by atoms with Gasteiger partial charge < -0.3 is 4.74 Å². The number of halogens is 2. The average Bonchev–Trinajstić information content (AvgIpc) is 2.57. The van der Waals surface area contributed by atoms with E-state index in [-0.39, 0.29) is 32.7 Å².